The normalized spacial score (nSPS) is 22.8. The maximum Gasteiger partial charge on any atom is 0.410 e. The number of nitriles is 1. The molecular formula is C27H40N4O4SSi. The third-order valence-corrected chi connectivity index (χ3v) is 9.15. The van der Waals surface area contributed by atoms with E-state index in [-0.39, 0.29) is 24.2 Å². The van der Waals surface area contributed by atoms with Gasteiger partial charge in [-0.3, -0.25) is 0 Å². The molecular weight excluding hydrogens is 504 g/mol. The molecule has 2 heterocycles. The van der Waals surface area contributed by atoms with Crippen LogP contribution in [0.25, 0.3) is 10.2 Å². The molecule has 2 aromatic rings. The molecule has 202 valence electrons. The average molecular weight is 545 g/mol. The van der Waals surface area contributed by atoms with Gasteiger partial charge < -0.3 is 18.8 Å². The Morgan fingerprint density at radius 3 is 2.54 bits per heavy atom. The Labute approximate surface area is 225 Å². The molecule has 0 aliphatic heterocycles. The number of hydrogen-bond donors (Lipinski definition) is 0. The van der Waals surface area contributed by atoms with Crippen LogP contribution in [0.15, 0.2) is 6.33 Å². The van der Waals surface area contributed by atoms with Gasteiger partial charge in [-0.15, -0.1) is 11.3 Å². The summed E-state index contributed by atoms with van der Waals surface area (Å²) in [6.45, 7) is 12.0. The predicted molar refractivity (Wildman–Crippen MR) is 148 cm³/mol. The fourth-order valence-electron chi connectivity index (χ4n) is 5.37. The molecule has 0 saturated heterocycles. The van der Waals surface area contributed by atoms with E-state index in [4.69, 9.17) is 13.9 Å². The van der Waals surface area contributed by atoms with Crippen molar-refractivity contribution in [2.24, 2.45) is 0 Å². The first kappa shape index (κ1) is 27.8. The second-order valence-electron chi connectivity index (χ2n) is 12.3. The minimum Gasteiger partial charge on any atom is -0.474 e. The van der Waals surface area contributed by atoms with Crippen molar-refractivity contribution in [2.45, 2.75) is 115 Å². The van der Waals surface area contributed by atoms with Crippen molar-refractivity contribution in [3.8, 4) is 11.9 Å². The Bertz CT molecular complexity index is 1160. The van der Waals surface area contributed by atoms with Crippen LogP contribution >= 0.6 is 11.3 Å². The van der Waals surface area contributed by atoms with Crippen molar-refractivity contribution >= 4 is 36.0 Å². The van der Waals surface area contributed by atoms with Gasteiger partial charge in [0, 0.05) is 18.0 Å². The van der Waals surface area contributed by atoms with Gasteiger partial charge in [0.2, 0.25) is 5.88 Å². The van der Waals surface area contributed by atoms with Crippen molar-refractivity contribution in [3.63, 3.8) is 0 Å². The lowest BCUT2D eigenvalue weighted by Crippen LogP contribution is -2.43. The number of nitrogens with zero attached hydrogens (tertiary/aromatic N) is 4. The molecule has 0 aromatic carbocycles. The monoisotopic (exact) mass is 544 g/mol. The summed E-state index contributed by atoms with van der Waals surface area (Å²) < 4.78 is 18.2. The third kappa shape index (κ3) is 6.81. The summed E-state index contributed by atoms with van der Waals surface area (Å²) in [7, 11) is 0.00504. The van der Waals surface area contributed by atoms with Crippen molar-refractivity contribution in [3.05, 3.63) is 16.8 Å². The Morgan fingerprint density at radius 2 is 1.92 bits per heavy atom. The van der Waals surface area contributed by atoms with E-state index in [1.807, 2.05) is 27.8 Å². The number of aryl methyl sites for hydroxylation is 1. The van der Waals surface area contributed by atoms with Crippen LogP contribution in [-0.4, -0.2) is 60.2 Å². The maximum absolute atomic E-state index is 12.5. The first-order chi connectivity index (χ1) is 17.3. The number of fused-ring (bicyclic) bond motifs is 3. The van der Waals surface area contributed by atoms with Gasteiger partial charge in [0.15, 0.2) is 8.32 Å². The quantitative estimate of drug-likeness (QED) is 0.371. The van der Waals surface area contributed by atoms with E-state index >= 15 is 0 Å². The standard InChI is InChI=1S/C27H40N4O4SSi/c1-27(2,3)34-26(32)31(4)18-9-11-19(12-10-18)33-24-23-22-17(14-20(15-28)35-37(5,6)7)8-13-21(22)36-25(23)30-16-29-24/h16-20H,8-14H2,1-7H3/t17-,18-,19-,20?/m1/s1. The molecule has 1 unspecified atom stereocenters. The molecule has 0 N–H and O–H groups in total. The fourth-order valence-corrected chi connectivity index (χ4v) is 7.60. The summed E-state index contributed by atoms with van der Waals surface area (Å²) in [5, 5.41) is 10.8. The van der Waals surface area contributed by atoms with E-state index in [0.29, 0.717) is 12.3 Å². The van der Waals surface area contributed by atoms with Crippen LogP contribution in [0.4, 0.5) is 4.79 Å². The van der Waals surface area contributed by atoms with Gasteiger partial charge >= 0.3 is 6.09 Å². The molecule has 1 fully saturated rings. The molecule has 2 aromatic heterocycles. The van der Waals surface area contributed by atoms with Gasteiger partial charge in [0.1, 0.15) is 29.0 Å². The SMILES string of the molecule is CN(C(=O)OC(C)(C)C)[C@H]1CC[C@H](Oc2ncnc3sc4c(c23)[C@@H](CC(C#N)O[Si](C)(C)C)CC4)CC1. The van der Waals surface area contributed by atoms with Gasteiger partial charge in [-0.1, -0.05) is 0 Å². The van der Waals surface area contributed by atoms with Gasteiger partial charge in [0.25, 0.3) is 0 Å². The second kappa shape index (κ2) is 10.9. The Morgan fingerprint density at radius 1 is 1.22 bits per heavy atom. The summed E-state index contributed by atoms with van der Waals surface area (Å²) in [6, 6.07) is 2.53. The fraction of sp³-hybridized carbons (Fsp3) is 0.704. The average Bonchev–Trinajstić information content (AvgIpc) is 3.36. The summed E-state index contributed by atoms with van der Waals surface area (Å²) in [5.74, 6) is 0.897. The van der Waals surface area contributed by atoms with Crippen LogP contribution in [0.3, 0.4) is 0 Å². The van der Waals surface area contributed by atoms with Crippen LogP contribution in [0.5, 0.6) is 5.88 Å². The molecule has 8 nitrogen and oxygen atoms in total. The minimum atomic E-state index is -1.82. The topological polar surface area (TPSA) is 97.6 Å². The molecule has 37 heavy (non-hydrogen) atoms. The second-order valence-corrected chi connectivity index (χ2v) is 17.8. The van der Waals surface area contributed by atoms with Gasteiger partial charge in [0.05, 0.1) is 11.5 Å². The Kier molecular flexibility index (Phi) is 8.17. The van der Waals surface area contributed by atoms with E-state index in [1.165, 1.54) is 10.4 Å². The van der Waals surface area contributed by atoms with E-state index < -0.39 is 20.0 Å². The predicted octanol–water partition coefficient (Wildman–Crippen LogP) is 6.41. The maximum atomic E-state index is 12.5. The highest BCUT2D eigenvalue weighted by Gasteiger charge is 2.35. The van der Waals surface area contributed by atoms with E-state index in [0.717, 1.165) is 48.7 Å². The molecule has 1 saturated carbocycles. The number of aromatic nitrogens is 2. The van der Waals surface area contributed by atoms with Gasteiger partial charge in [-0.25, -0.2) is 14.8 Å². The first-order valence-electron chi connectivity index (χ1n) is 13.3. The highest BCUT2D eigenvalue weighted by Crippen LogP contribution is 2.48. The lowest BCUT2D eigenvalue weighted by Gasteiger charge is -2.35. The van der Waals surface area contributed by atoms with Gasteiger partial charge in [-0.2, -0.15) is 5.26 Å². The molecule has 10 heteroatoms. The van der Waals surface area contributed by atoms with Crippen molar-refractivity contribution in [1.82, 2.24) is 14.9 Å². The summed E-state index contributed by atoms with van der Waals surface area (Å²) in [5.41, 5.74) is 0.755. The smallest absolute Gasteiger partial charge is 0.410 e. The van der Waals surface area contributed by atoms with Crippen LogP contribution in [0.1, 0.15) is 75.7 Å². The number of amides is 1. The number of carbonyl (C=O) groups excluding carboxylic acids is 1. The molecule has 0 radical (unpaired) electrons. The number of carbonyl (C=O) groups is 1. The highest BCUT2D eigenvalue weighted by molar-refractivity contribution is 7.19. The molecule has 0 spiro atoms. The van der Waals surface area contributed by atoms with Crippen LogP contribution in [0.2, 0.25) is 19.6 Å². The zero-order chi connectivity index (χ0) is 27.0. The lowest BCUT2D eigenvalue weighted by atomic mass is 9.92. The number of rotatable bonds is 7. The number of hydrogen-bond acceptors (Lipinski definition) is 8. The van der Waals surface area contributed by atoms with Crippen molar-refractivity contribution < 1.29 is 18.7 Å². The highest BCUT2D eigenvalue weighted by atomic mass is 32.1. The first-order valence-corrected chi connectivity index (χ1v) is 17.5. The number of ether oxygens (including phenoxy) is 2. The van der Waals surface area contributed by atoms with Crippen molar-refractivity contribution in [1.29, 1.82) is 5.26 Å². The molecule has 2 atom stereocenters. The summed E-state index contributed by atoms with van der Waals surface area (Å²) >= 11 is 1.72. The largest absolute Gasteiger partial charge is 0.474 e. The van der Waals surface area contributed by atoms with Gasteiger partial charge in [-0.05, 0) is 96.8 Å². The molecule has 2 aliphatic rings. The van der Waals surface area contributed by atoms with Crippen LogP contribution in [0, 0.1) is 11.3 Å². The van der Waals surface area contributed by atoms with E-state index in [2.05, 4.69) is 35.7 Å². The van der Waals surface area contributed by atoms with E-state index in [9.17, 15) is 10.1 Å². The minimum absolute atomic E-state index is 0.0406. The Balaban J connectivity index is 1.46. The zero-order valence-electron chi connectivity index (χ0n) is 23.2. The van der Waals surface area contributed by atoms with Crippen molar-refractivity contribution in [2.75, 3.05) is 7.05 Å². The molecule has 2 aliphatic carbocycles. The van der Waals surface area contributed by atoms with E-state index in [1.54, 1.807) is 22.6 Å². The summed E-state index contributed by atoms with van der Waals surface area (Å²) in [6.07, 6.45) is 7.06. The molecule has 1 amide bonds. The third-order valence-electron chi connectivity index (χ3n) is 6.99. The zero-order valence-corrected chi connectivity index (χ0v) is 25.0. The lowest BCUT2D eigenvalue weighted by molar-refractivity contribution is 0.0137. The number of thiophene rings is 1. The Hall–Kier alpha value is -2.22. The van der Waals surface area contributed by atoms with Crippen LogP contribution in [-0.2, 0) is 15.6 Å². The summed E-state index contributed by atoms with van der Waals surface area (Å²) in [4.78, 5) is 25.6. The molecule has 0 bridgehead atoms. The molecule has 4 rings (SSSR count). The van der Waals surface area contributed by atoms with Crippen LogP contribution < -0.4 is 4.74 Å².